The highest BCUT2D eigenvalue weighted by molar-refractivity contribution is 5.93. The molecule has 20 heavy (non-hydrogen) atoms. The third-order valence-electron chi connectivity index (χ3n) is 2.80. The lowest BCUT2D eigenvalue weighted by molar-refractivity contribution is -0.384. The number of amides is 1. The molecule has 1 rings (SSSR count). The number of carbonyl (C=O) groups is 1. The van der Waals surface area contributed by atoms with Crippen LogP contribution in [0.1, 0.15) is 37.2 Å². The van der Waals surface area contributed by atoms with Gasteiger partial charge in [-0.1, -0.05) is 13.8 Å². The second-order valence-corrected chi connectivity index (χ2v) is 4.54. The lowest BCUT2D eigenvalue weighted by atomic mass is 10.3. The van der Waals surface area contributed by atoms with E-state index in [1.165, 1.54) is 12.3 Å². The molecule has 7 nitrogen and oxygen atoms in total. The van der Waals surface area contributed by atoms with Gasteiger partial charge in [0.2, 0.25) is 0 Å². The summed E-state index contributed by atoms with van der Waals surface area (Å²) in [7, 11) is 0. The van der Waals surface area contributed by atoms with Crippen LogP contribution in [0.15, 0.2) is 12.3 Å². The van der Waals surface area contributed by atoms with Crippen molar-refractivity contribution >= 4 is 11.6 Å². The minimum absolute atomic E-state index is 0.0484. The second kappa shape index (κ2) is 8.31. The van der Waals surface area contributed by atoms with Gasteiger partial charge < -0.3 is 15.2 Å². The molecule has 0 spiro atoms. The number of aromatic nitrogens is 1. The molecule has 0 bridgehead atoms. The number of hydrogen-bond donors (Lipinski definition) is 2. The number of nitrogens with one attached hydrogen (secondary N) is 2. The van der Waals surface area contributed by atoms with Crippen molar-refractivity contribution in [2.24, 2.45) is 0 Å². The average molecular weight is 282 g/mol. The van der Waals surface area contributed by atoms with Gasteiger partial charge in [-0.3, -0.25) is 14.9 Å². The highest BCUT2D eigenvalue weighted by Crippen LogP contribution is 2.16. The summed E-state index contributed by atoms with van der Waals surface area (Å²) in [5.41, 5.74) is 0.293. The Morgan fingerprint density at radius 3 is 2.65 bits per heavy atom. The van der Waals surface area contributed by atoms with Gasteiger partial charge in [-0.2, -0.15) is 0 Å². The summed E-state index contributed by atoms with van der Waals surface area (Å²) < 4.78 is 1.63. The van der Waals surface area contributed by atoms with E-state index in [0.717, 1.165) is 19.4 Å². The zero-order chi connectivity index (χ0) is 15.0. The van der Waals surface area contributed by atoms with Gasteiger partial charge in [0.05, 0.1) is 11.1 Å². The molecule has 112 valence electrons. The molecule has 1 heterocycles. The molecular formula is C13H22N4O3. The van der Waals surface area contributed by atoms with Crippen molar-refractivity contribution in [1.29, 1.82) is 0 Å². The minimum atomic E-state index is -0.480. The van der Waals surface area contributed by atoms with Gasteiger partial charge in [0.25, 0.3) is 11.6 Å². The van der Waals surface area contributed by atoms with Crippen LogP contribution in [-0.2, 0) is 6.54 Å². The third-order valence-corrected chi connectivity index (χ3v) is 2.80. The molecule has 0 saturated heterocycles. The van der Waals surface area contributed by atoms with Crippen LogP contribution in [0.4, 0.5) is 5.69 Å². The Morgan fingerprint density at radius 2 is 2.05 bits per heavy atom. The van der Waals surface area contributed by atoms with Crippen LogP contribution in [0.2, 0.25) is 0 Å². The van der Waals surface area contributed by atoms with Crippen molar-refractivity contribution in [2.75, 3.05) is 19.6 Å². The molecule has 0 atom stereocenters. The molecule has 7 heteroatoms. The van der Waals surface area contributed by atoms with E-state index >= 15 is 0 Å². The molecule has 0 aliphatic heterocycles. The van der Waals surface area contributed by atoms with Crippen molar-refractivity contribution in [1.82, 2.24) is 15.2 Å². The maximum Gasteiger partial charge on any atom is 0.287 e. The van der Waals surface area contributed by atoms with Crippen molar-refractivity contribution < 1.29 is 9.72 Å². The van der Waals surface area contributed by atoms with Crippen LogP contribution in [0.3, 0.4) is 0 Å². The molecule has 0 radical (unpaired) electrons. The largest absolute Gasteiger partial charge is 0.349 e. The molecule has 0 aliphatic rings. The van der Waals surface area contributed by atoms with Crippen LogP contribution < -0.4 is 10.6 Å². The normalized spacial score (nSPS) is 10.5. The van der Waals surface area contributed by atoms with Gasteiger partial charge in [-0.05, 0) is 19.4 Å². The third kappa shape index (κ3) is 4.65. The molecule has 0 saturated carbocycles. The summed E-state index contributed by atoms with van der Waals surface area (Å²) in [5, 5.41) is 16.7. The summed E-state index contributed by atoms with van der Waals surface area (Å²) in [6, 6.07) is 1.32. The first-order valence-corrected chi connectivity index (χ1v) is 6.93. The highest BCUT2D eigenvalue weighted by atomic mass is 16.6. The van der Waals surface area contributed by atoms with Gasteiger partial charge in [0.1, 0.15) is 5.69 Å². The minimum Gasteiger partial charge on any atom is -0.349 e. The molecular weight excluding hydrogens is 260 g/mol. The Labute approximate surface area is 118 Å². The lowest BCUT2D eigenvalue weighted by Gasteiger charge is -2.08. The number of aryl methyl sites for hydroxylation is 1. The fourth-order valence-corrected chi connectivity index (χ4v) is 1.87. The summed E-state index contributed by atoms with van der Waals surface area (Å²) in [6.07, 6.45) is 3.26. The van der Waals surface area contributed by atoms with Crippen LogP contribution >= 0.6 is 0 Å². The van der Waals surface area contributed by atoms with Crippen molar-refractivity contribution in [2.45, 2.75) is 33.2 Å². The molecule has 2 N–H and O–H groups in total. The van der Waals surface area contributed by atoms with E-state index in [1.54, 1.807) is 4.57 Å². The molecule has 0 fully saturated rings. The van der Waals surface area contributed by atoms with Gasteiger partial charge in [0, 0.05) is 25.7 Å². The first-order chi connectivity index (χ1) is 9.60. The number of nitro groups is 1. The van der Waals surface area contributed by atoms with Gasteiger partial charge in [0.15, 0.2) is 0 Å². The zero-order valence-corrected chi connectivity index (χ0v) is 12.0. The number of rotatable bonds is 9. The topological polar surface area (TPSA) is 89.2 Å². The number of hydrogen-bond acceptors (Lipinski definition) is 4. The molecule has 0 aromatic carbocycles. The Kier molecular flexibility index (Phi) is 6.72. The maximum atomic E-state index is 12.0. The lowest BCUT2D eigenvalue weighted by Crippen LogP contribution is -2.33. The molecule has 1 amide bonds. The molecule has 0 aliphatic carbocycles. The van der Waals surface area contributed by atoms with E-state index in [0.29, 0.717) is 25.3 Å². The van der Waals surface area contributed by atoms with Crippen molar-refractivity contribution in [3.63, 3.8) is 0 Å². The van der Waals surface area contributed by atoms with Crippen molar-refractivity contribution in [3.05, 3.63) is 28.1 Å². The van der Waals surface area contributed by atoms with Gasteiger partial charge in [-0.15, -0.1) is 0 Å². The van der Waals surface area contributed by atoms with Crippen LogP contribution in [0.25, 0.3) is 0 Å². The summed E-state index contributed by atoms with van der Waals surface area (Å²) >= 11 is 0. The maximum absolute atomic E-state index is 12.0. The Balaban J connectivity index is 2.63. The van der Waals surface area contributed by atoms with Crippen LogP contribution in [0.5, 0.6) is 0 Å². The average Bonchev–Trinajstić information content (AvgIpc) is 2.83. The van der Waals surface area contributed by atoms with E-state index in [1.807, 2.05) is 6.92 Å². The summed E-state index contributed by atoms with van der Waals surface area (Å²) in [6.45, 7) is 6.73. The second-order valence-electron chi connectivity index (χ2n) is 4.54. The quantitative estimate of drug-likeness (QED) is 0.408. The monoisotopic (exact) mass is 282 g/mol. The molecule has 1 aromatic rings. The molecule has 0 unspecified atom stereocenters. The predicted octanol–water partition coefficient (Wildman–Crippen LogP) is 1.54. The Hall–Kier alpha value is -1.89. The fraction of sp³-hybridized carbons (Fsp3) is 0.615. The van der Waals surface area contributed by atoms with E-state index < -0.39 is 4.92 Å². The standard InChI is InChI=1S/C13H22N4O3/c1-3-5-14-6-7-15-13(18)12-9-11(17(19)20)10-16(12)8-4-2/h9-10,14H,3-8H2,1-2H3,(H,15,18). The Morgan fingerprint density at radius 1 is 1.30 bits per heavy atom. The first kappa shape index (κ1) is 16.2. The first-order valence-electron chi connectivity index (χ1n) is 6.93. The van der Waals surface area contributed by atoms with Gasteiger partial charge >= 0.3 is 0 Å². The number of nitrogens with zero attached hydrogens (tertiary/aromatic N) is 2. The predicted molar refractivity (Wildman–Crippen MR) is 76.9 cm³/mol. The van der Waals surface area contributed by atoms with E-state index in [-0.39, 0.29) is 11.6 Å². The summed E-state index contributed by atoms with van der Waals surface area (Å²) in [5.74, 6) is -0.273. The van der Waals surface area contributed by atoms with E-state index in [2.05, 4.69) is 17.6 Å². The number of carbonyl (C=O) groups excluding carboxylic acids is 1. The zero-order valence-electron chi connectivity index (χ0n) is 12.0. The van der Waals surface area contributed by atoms with E-state index in [4.69, 9.17) is 0 Å². The van der Waals surface area contributed by atoms with Crippen LogP contribution in [-0.4, -0.2) is 35.0 Å². The molecule has 1 aromatic heterocycles. The van der Waals surface area contributed by atoms with Crippen LogP contribution in [0, 0.1) is 10.1 Å². The summed E-state index contributed by atoms with van der Waals surface area (Å²) in [4.78, 5) is 22.3. The fourth-order valence-electron chi connectivity index (χ4n) is 1.87. The Bertz CT molecular complexity index is 456. The van der Waals surface area contributed by atoms with Gasteiger partial charge in [-0.25, -0.2) is 0 Å². The van der Waals surface area contributed by atoms with E-state index in [9.17, 15) is 14.9 Å². The van der Waals surface area contributed by atoms with Crippen molar-refractivity contribution in [3.8, 4) is 0 Å². The highest BCUT2D eigenvalue weighted by Gasteiger charge is 2.18. The smallest absolute Gasteiger partial charge is 0.287 e. The SMILES string of the molecule is CCCNCCNC(=O)c1cc([N+](=O)[O-])cn1CCC.